The van der Waals surface area contributed by atoms with Crippen LogP contribution in [0.25, 0.3) is 0 Å². The van der Waals surface area contributed by atoms with Crippen LogP contribution in [-0.4, -0.2) is 29.7 Å². The zero-order chi connectivity index (χ0) is 13.7. The van der Waals surface area contributed by atoms with Crippen molar-refractivity contribution in [3.8, 4) is 0 Å². The molecule has 4 heteroatoms. The average Bonchev–Trinajstić information content (AvgIpc) is 2.45. The van der Waals surface area contributed by atoms with Gasteiger partial charge in [-0.1, -0.05) is 25.7 Å². The molecule has 4 N–H and O–H groups in total. The highest BCUT2D eigenvalue weighted by Crippen LogP contribution is 2.26. The fourth-order valence-corrected chi connectivity index (χ4v) is 3.50. The minimum atomic E-state index is -0.374. The molecule has 2 aliphatic carbocycles. The van der Waals surface area contributed by atoms with E-state index in [-0.39, 0.29) is 24.0 Å². The Morgan fingerprint density at radius 1 is 1.16 bits per heavy atom. The fourth-order valence-electron chi connectivity index (χ4n) is 3.50. The highest BCUT2D eigenvalue weighted by molar-refractivity contribution is 5.78. The lowest BCUT2D eigenvalue weighted by Gasteiger charge is -2.29. The quantitative estimate of drug-likeness (QED) is 0.724. The molecule has 3 unspecified atom stereocenters. The van der Waals surface area contributed by atoms with Gasteiger partial charge in [-0.25, -0.2) is 0 Å². The van der Waals surface area contributed by atoms with Crippen LogP contribution in [0.2, 0.25) is 0 Å². The van der Waals surface area contributed by atoms with E-state index in [1.807, 2.05) is 0 Å². The van der Waals surface area contributed by atoms with Gasteiger partial charge < -0.3 is 16.2 Å². The third kappa shape index (κ3) is 4.46. The van der Waals surface area contributed by atoms with Crippen molar-refractivity contribution in [3.05, 3.63) is 0 Å². The molecule has 19 heavy (non-hydrogen) atoms. The molecule has 0 heterocycles. The number of carbonyl (C=O) groups is 1. The Morgan fingerprint density at radius 3 is 2.58 bits per heavy atom. The summed E-state index contributed by atoms with van der Waals surface area (Å²) in [6.45, 7) is 0.412. The van der Waals surface area contributed by atoms with E-state index in [1.165, 1.54) is 19.3 Å². The van der Waals surface area contributed by atoms with Crippen molar-refractivity contribution in [2.75, 3.05) is 6.54 Å². The van der Waals surface area contributed by atoms with Gasteiger partial charge in [0.2, 0.25) is 5.91 Å². The van der Waals surface area contributed by atoms with E-state index in [9.17, 15) is 9.90 Å². The van der Waals surface area contributed by atoms with E-state index < -0.39 is 0 Å². The molecule has 2 aliphatic rings. The van der Waals surface area contributed by atoms with Crippen LogP contribution in [0.1, 0.15) is 57.8 Å². The van der Waals surface area contributed by atoms with E-state index >= 15 is 0 Å². The lowest BCUT2D eigenvalue weighted by Crippen LogP contribution is -2.42. The van der Waals surface area contributed by atoms with E-state index in [4.69, 9.17) is 5.73 Å². The molecule has 2 saturated carbocycles. The minimum absolute atomic E-state index is 0.0577. The molecule has 0 aromatic carbocycles. The molecular weight excluding hydrogens is 240 g/mol. The minimum Gasteiger partial charge on any atom is -0.391 e. The number of carbonyl (C=O) groups excluding carboxylic acids is 1. The predicted octanol–water partition coefficient (Wildman–Crippen LogP) is 1.56. The SMILES string of the molecule is NC1CCCC(C(=O)NCC(O)C2CCCCC2)C1. The fraction of sp³-hybridized carbons (Fsp3) is 0.933. The van der Waals surface area contributed by atoms with Gasteiger partial charge in [0.05, 0.1) is 6.10 Å². The third-order valence-corrected chi connectivity index (χ3v) is 4.76. The summed E-state index contributed by atoms with van der Waals surface area (Å²) >= 11 is 0. The molecule has 0 aromatic heterocycles. The number of aliphatic hydroxyl groups excluding tert-OH is 1. The third-order valence-electron chi connectivity index (χ3n) is 4.76. The predicted molar refractivity (Wildman–Crippen MR) is 75.5 cm³/mol. The molecule has 2 rings (SSSR count). The van der Waals surface area contributed by atoms with Gasteiger partial charge in [0.25, 0.3) is 0 Å². The van der Waals surface area contributed by atoms with Crippen molar-refractivity contribution in [1.82, 2.24) is 5.32 Å². The van der Waals surface area contributed by atoms with Crippen LogP contribution in [0.15, 0.2) is 0 Å². The van der Waals surface area contributed by atoms with Crippen LogP contribution in [-0.2, 0) is 4.79 Å². The van der Waals surface area contributed by atoms with Crippen LogP contribution in [0.4, 0.5) is 0 Å². The maximum atomic E-state index is 12.1. The summed E-state index contributed by atoms with van der Waals surface area (Å²) in [4.78, 5) is 12.1. The zero-order valence-electron chi connectivity index (χ0n) is 11.8. The molecule has 0 saturated heterocycles. The molecule has 1 amide bonds. The van der Waals surface area contributed by atoms with Gasteiger partial charge in [0.15, 0.2) is 0 Å². The second kappa shape index (κ2) is 7.25. The van der Waals surface area contributed by atoms with Gasteiger partial charge in [-0.3, -0.25) is 4.79 Å². The Labute approximate surface area is 116 Å². The summed E-state index contributed by atoms with van der Waals surface area (Å²) in [6.07, 6.45) is 9.37. The van der Waals surface area contributed by atoms with Crippen molar-refractivity contribution in [2.45, 2.75) is 69.9 Å². The summed E-state index contributed by atoms with van der Waals surface area (Å²) in [5.74, 6) is 0.523. The van der Waals surface area contributed by atoms with Crippen molar-refractivity contribution in [3.63, 3.8) is 0 Å². The van der Waals surface area contributed by atoms with Crippen LogP contribution in [0, 0.1) is 11.8 Å². The van der Waals surface area contributed by atoms with Crippen LogP contribution in [0.5, 0.6) is 0 Å². The largest absolute Gasteiger partial charge is 0.391 e. The van der Waals surface area contributed by atoms with E-state index in [2.05, 4.69) is 5.32 Å². The van der Waals surface area contributed by atoms with Gasteiger partial charge in [0, 0.05) is 18.5 Å². The number of hydrogen-bond donors (Lipinski definition) is 3. The van der Waals surface area contributed by atoms with Crippen molar-refractivity contribution < 1.29 is 9.90 Å². The molecule has 110 valence electrons. The van der Waals surface area contributed by atoms with Gasteiger partial charge in [-0.15, -0.1) is 0 Å². The van der Waals surface area contributed by atoms with E-state index in [1.54, 1.807) is 0 Å². The summed E-state index contributed by atoms with van der Waals surface area (Å²) in [6, 6.07) is 0.174. The normalized spacial score (nSPS) is 30.8. The number of amides is 1. The lowest BCUT2D eigenvalue weighted by atomic mass is 9.84. The highest BCUT2D eigenvalue weighted by Gasteiger charge is 2.27. The monoisotopic (exact) mass is 268 g/mol. The van der Waals surface area contributed by atoms with E-state index in [0.717, 1.165) is 38.5 Å². The first-order chi connectivity index (χ1) is 9.16. The Bertz CT molecular complexity index is 290. The van der Waals surface area contributed by atoms with Crippen molar-refractivity contribution in [1.29, 1.82) is 0 Å². The van der Waals surface area contributed by atoms with Crippen LogP contribution < -0.4 is 11.1 Å². The van der Waals surface area contributed by atoms with E-state index in [0.29, 0.717) is 12.5 Å². The van der Waals surface area contributed by atoms with Gasteiger partial charge >= 0.3 is 0 Å². The molecule has 3 atom stereocenters. The van der Waals surface area contributed by atoms with Gasteiger partial charge in [0.1, 0.15) is 0 Å². The van der Waals surface area contributed by atoms with Crippen molar-refractivity contribution >= 4 is 5.91 Å². The topological polar surface area (TPSA) is 75.4 Å². The smallest absolute Gasteiger partial charge is 0.223 e. The number of nitrogens with one attached hydrogen (secondary N) is 1. The summed E-state index contributed by atoms with van der Waals surface area (Å²) in [5.41, 5.74) is 5.91. The first-order valence-electron chi connectivity index (χ1n) is 7.88. The maximum Gasteiger partial charge on any atom is 0.223 e. The van der Waals surface area contributed by atoms with Crippen LogP contribution in [0.3, 0.4) is 0 Å². The molecular formula is C15H28N2O2. The maximum absolute atomic E-state index is 12.1. The Hall–Kier alpha value is -0.610. The Morgan fingerprint density at radius 2 is 1.89 bits per heavy atom. The number of aliphatic hydroxyl groups is 1. The summed E-state index contributed by atoms with van der Waals surface area (Å²) < 4.78 is 0. The Balaban J connectivity index is 1.70. The first kappa shape index (κ1) is 14.8. The zero-order valence-corrected chi connectivity index (χ0v) is 11.8. The molecule has 0 spiro atoms. The molecule has 2 fully saturated rings. The summed E-state index contributed by atoms with van der Waals surface area (Å²) in [5, 5.41) is 13.1. The standard InChI is InChI=1S/C15H28N2O2/c16-13-8-4-7-12(9-13)15(19)17-10-14(18)11-5-2-1-3-6-11/h11-14,18H,1-10,16H2,(H,17,19). The molecule has 0 radical (unpaired) electrons. The lowest BCUT2D eigenvalue weighted by molar-refractivity contribution is -0.126. The van der Waals surface area contributed by atoms with Crippen LogP contribution >= 0.6 is 0 Å². The van der Waals surface area contributed by atoms with Crippen molar-refractivity contribution in [2.24, 2.45) is 17.6 Å². The number of hydrogen-bond acceptors (Lipinski definition) is 3. The Kier molecular flexibility index (Phi) is 5.64. The first-order valence-corrected chi connectivity index (χ1v) is 7.88. The summed E-state index contributed by atoms with van der Waals surface area (Å²) in [7, 11) is 0. The average molecular weight is 268 g/mol. The number of rotatable bonds is 4. The second-order valence-electron chi connectivity index (χ2n) is 6.33. The molecule has 0 aliphatic heterocycles. The number of nitrogens with two attached hydrogens (primary N) is 1. The van der Waals surface area contributed by atoms with Gasteiger partial charge in [-0.05, 0) is 38.0 Å². The second-order valence-corrected chi connectivity index (χ2v) is 6.33. The van der Waals surface area contributed by atoms with Gasteiger partial charge in [-0.2, -0.15) is 0 Å². The molecule has 0 aromatic rings. The molecule has 4 nitrogen and oxygen atoms in total. The highest BCUT2D eigenvalue weighted by atomic mass is 16.3. The molecule has 0 bridgehead atoms.